The minimum atomic E-state index is -0.808. The Morgan fingerprint density at radius 2 is 2.31 bits per heavy atom. The Labute approximate surface area is 93.1 Å². The monoisotopic (exact) mass is 225 g/mol. The number of carboxylic acids is 1. The van der Waals surface area contributed by atoms with Crippen LogP contribution in [-0.4, -0.2) is 56.6 Å². The standard InChI is InChI=1S/C10H15N3O3/c14-9-7-12(5-2-10(15)16)6-8(9)13-4-1-3-11-13/h1,3-4,8-9,14H,2,5-7H2,(H,15,16). The maximum Gasteiger partial charge on any atom is 0.304 e. The van der Waals surface area contributed by atoms with E-state index in [1.807, 2.05) is 17.2 Å². The van der Waals surface area contributed by atoms with Crippen LogP contribution in [-0.2, 0) is 4.79 Å². The molecule has 1 aliphatic rings. The number of hydrogen-bond donors (Lipinski definition) is 2. The molecule has 0 amide bonds. The second kappa shape index (κ2) is 4.63. The van der Waals surface area contributed by atoms with Gasteiger partial charge >= 0.3 is 5.97 Å². The van der Waals surface area contributed by atoms with Crippen molar-refractivity contribution in [1.82, 2.24) is 14.7 Å². The number of hydrogen-bond acceptors (Lipinski definition) is 4. The number of likely N-dealkylation sites (tertiary alicyclic amines) is 1. The van der Waals surface area contributed by atoms with Crippen molar-refractivity contribution in [2.45, 2.75) is 18.6 Å². The molecule has 2 rings (SSSR count). The topological polar surface area (TPSA) is 78.6 Å². The molecule has 88 valence electrons. The molecule has 1 fully saturated rings. The largest absolute Gasteiger partial charge is 0.481 e. The van der Waals surface area contributed by atoms with Crippen molar-refractivity contribution in [1.29, 1.82) is 0 Å². The van der Waals surface area contributed by atoms with E-state index in [1.165, 1.54) is 0 Å². The van der Waals surface area contributed by atoms with Gasteiger partial charge in [0.05, 0.1) is 18.6 Å². The van der Waals surface area contributed by atoms with Gasteiger partial charge < -0.3 is 10.2 Å². The Morgan fingerprint density at radius 3 is 2.94 bits per heavy atom. The highest BCUT2D eigenvalue weighted by atomic mass is 16.4. The van der Waals surface area contributed by atoms with Crippen molar-refractivity contribution in [3.8, 4) is 0 Å². The molecule has 2 atom stereocenters. The number of nitrogens with zero attached hydrogens (tertiary/aromatic N) is 3. The Kier molecular flexibility index (Phi) is 3.21. The smallest absolute Gasteiger partial charge is 0.304 e. The number of aromatic nitrogens is 2. The molecule has 2 unspecified atom stereocenters. The van der Waals surface area contributed by atoms with Crippen LogP contribution in [0.4, 0.5) is 0 Å². The third kappa shape index (κ3) is 2.40. The van der Waals surface area contributed by atoms with Gasteiger partial charge in [0.25, 0.3) is 0 Å². The normalized spacial score (nSPS) is 26.1. The fraction of sp³-hybridized carbons (Fsp3) is 0.600. The third-order valence-electron chi connectivity index (χ3n) is 2.84. The van der Waals surface area contributed by atoms with E-state index < -0.39 is 12.1 Å². The summed E-state index contributed by atoms with van der Waals surface area (Å²) in [5.74, 6) is -0.808. The molecule has 1 aliphatic heterocycles. The molecule has 1 saturated heterocycles. The van der Waals surface area contributed by atoms with Crippen LogP contribution < -0.4 is 0 Å². The number of aliphatic hydroxyl groups is 1. The van der Waals surface area contributed by atoms with Gasteiger partial charge in [-0.15, -0.1) is 0 Å². The maximum atomic E-state index is 10.4. The van der Waals surface area contributed by atoms with E-state index in [0.717, 1.165) is 0 Å². The molecule has 0 bridgehead atoms. The second-order valence-electron chi connectivity index (χ2n) is 4.02. The first-order chi connectivity index (χ1) is 7.66. The van der Waals surface area contributed by atoms with Crippen molar-refractivity contribution in [3.05, 3.63) is 18.5 Å². The molecular weight excluding hydrogens is 210 g/mol. The van der Waals surface area contributed by atoms with Crippen LogP contribution >= 0.6 is 0 Å². The van der Waals surface area contributed by atoms with Crippen molar-refractivity contribution in [2.24, 2.45) is 0 Å². The van der Waals surface area contributed by atoms with Gasteiger partial charge in [-0.3, -0.25) is 14.4 Å². The van der Waals surface area contributed by atoms with Gasteiger partial charge in [-0.2, -0.15) is 5.10 Å². The van der Waals surface area contributed by atoms with Crippen LogP contribution in [0.15, 0.2) is 18.5 Å². The number of aliphatic carboxylic acids is 1. The van der Waals surface area contributed by atoms with Crippen LogP contribution in [0, 0.1) is 0 Å². The van der Waals surface area contributed by atoms with Crippen molar-refractivity contribution in [3.63, 3.8) is 0 Å². The summed E-state index contributed by atoms with van der Waals surface area (Å²) in [6.07, 6.45) is 3.12. The summed E-state index contributed by atoms with van der Waals surface area (Å²) in [5, 5.41) is 22.5. The van der Waals surface area contributed by atoms with Crippen LogP contribution in [0.25, 0.3) is 0 Å². The average Bonchev–Trinajstić information content (AvgIpc) is 2.83. The van der Waals surface area contributed by atoms with Crippen LogP contribution in [0.5, 0.6) is 0 Å². The van der Waals surface area contributed by atoms with Crippen molar-refractivity contribution >= 4 is 5.97 Å². The Hall–Kier alpha value is -1.40. The van der Waals surface area contributed by atoms with Gasteiger partial charge in [-0.25, -0.2) is 0 Å². The summed E-state index contributed by atoms with van der Waals surface area (Å²) in [5.41, 5.74) is 0. The van der Waals surface area contributed by atoms with E-state index in [9.17, 15) is 9.90 Å². The van der Waals surface area contributed by atoms with Crippen molar-refractivity contribution < 1.29 is 15.0 Å². The Bertz CT molecular complexity index is 352. The Balaban J connectivity index is 1.92. The predicted octanol–water partition coefficient (Wildman–Crippen LogP) is -0.425. The van der Waals surface area contributed by atoms with E-state index >= 15 is 0 Å². The lowest BCUT2D eigenvalue weighted by molar-refractivity contribution is -0.137. The molecule has 2 heterocycles. The summed E-state index contributed by atoms with van der Waals surface area (Å²) >= 11 is 0. The number of carbonyl (C=O) groups is 1. The Morgan fingerprint density at radius 1 is 1.50 bits per heavy atom. The highest BCUT2D eigenvalue weighted by Gasteiger charge is 2.32. The van der Waals surface area contributed by atoms with E-state index in [2.05, 4.69) is 5.10 Å². The fourth-order valence-corrected chi connectivity index (χ4v) is 2.02. The van der Waals surface area contributed by atoms with Crippen molar-refractivity contribution in [2.75, 3.05) is 19.6 Å². The summed E-state index contributed by atoms with van der Waals surface area (Å²) in [4.78, 5) is 12.4. The number of rotatable bonds is 4. The fourth-order valence-electron chi connectivity index (χ4n) is 2.02. The molecule has 0 spiro atoms. The predicted molar refractivity (Wildman–Crippen MR) is 56.0 cm³/mol. The molecule has 6 nitrogen and oxygen atoms in total. The zero-order valence-corrected chi connectivity index (χ0v) is 8.86. The third-order valence-corrected chi connectivity index (χ3v) is 2.84. The summed E-state index contributed by atoms with van der Waals surface area (Å²) in [7, 11) is 0. The first-order valence-corrected chi connectivity index (χ1v) is 5.28. The van der Waals surface area contributed by atoms with E-state index in [4.69, 9.17) is 5.11 Å². The quantitative estimate of drug-likeness (QED) is 0.727. The molecule has 16 heavy (non-hydrogen) atoms. The molecule has 0 aliphatic carbocycles. The lowest BCUT2D eigenvalue weighted by Gasteiger charge is -2.14. The van der Waals surface area contributed by atoms with Gasteiger partial charge in [0.15, 0.2) is 0 Å². The summed E-state index contributed by atoms with van der Waals surface area (Å²) < 4.78 is 1.73. The summed E-state index contributed by atoms with van der Waals surface area (Å²) in [6, 6.07) is 1.75. The molecule has 0 aromatic carbocycles. The molecule has 1 aromatic heterocycles. The zero-order chi connectivity index (χ0) is 11.5. The lowest BCUT2D eigenvalue weighted by atomic mass is 10.2. The molecule has 2 N–H and O–H groups in total. The first kappa shape index (κ1) is 11.1. The highest BCUT2D eigenvalue weighted by Crippen LogP contribution is 2.21. The maximum absolute atomic E-state index is 10.4. The van der Waals surface area contributed by atoms with Crippen LogP contribution in [0.3, 0.4) is 0 Å². The molecule has 0 saturated carbocycles. The number of aliphatic hydroxyl groups excluding tert-OH is 1. The SMILES string of the molecule is O=C(O)CCN1CC(O)C(n2cccn2)C1. The minimum Gasteiger partial charge on any atom is -0.481 e. The molecule has 0 radical (unpaired) electrons. The summed E-state index contributed by atoms with van der Waals surface area (Å²) in [6.45, 7) is 1.64. The van der Waals surface area contributed by atoms with E-state index in [0.29, 0.717) is 19.6 Å². The number of β-amino-alcohol motifs (C(OH)–C–C–N with tert-alkyl or cyclic N) is 1. The molecule has 6 heteroatoms. The number of carboxylic acid groups (broad SMARTS) is 1. The van der Waals surface area contributed by atoms with Crippen LogP contribution in [0.1, 0.15) is 12.5 Å². The minimum absolute atomic E-state index is 0.0659. The van der Waals surface area contributed by atoms with Gasteiger partial charge in [0.2, 0.25) is 0 Å². The lowest BCUT2D eigenvalue weighted by Crippen LogP contribution is -2.24. The molecule has 1 aromatic rings. The average molecular weight is 225 g/mol. The molecular formula is C10H15N3O3. The van der Waals surface area contributed by atoms with Crippen LogP contribution in [0.2, 0.25) is 0 Å². The first-order valence-electron chi connectivity index (χ1n) is 5.28. The van der Waals surface area contributed by atoms with E-state index in [1.54, 1.807) is 10.9 Å². The highest BCUT2D eigenvalue weighted by molar-refractivity contribution is 5.66. The van der Waals surface area contributed by atoms with Gasteiger partial charge in [-0.05, 0) is 6.07 Å². The zero-order valence-electron chi connectivity index (χ0n) is 8.86. The van der Waals surface area contributed by atoms with Gasteiger partial charge in [-0.1, -0.05) is 0 Å². The van der Waals surface area contributed by atoms with E-state index in [-0.39, 0.29) is 12.5 Å². The second-order valence-corrected chi connectivity index (χ2v) is 4.02. The van der Waals surface area contributed by atoms with Gasteiger partial charge in [0, 0.05) is 32.0 Å². The van der Waals surface area contributed by atoms with Gasteiger partial charge in [0.1, 0.15) is 0 Å².